The molecule has 0 radical (unpaired) electrons. The topological polar surface area (TPSA) is 111 Å². The van der Waals surface area contributed by atoms with Crippen LogP contribution in [0.25, 0.3) is 11.3 Å². The van der Waals surface area contributed by atoms with Gasteiger partial charge in [-0.25, -0.2) is 4.79 Å². The van der Waals surface area contributed by atoms with Crippen LogP contribution in [0.4, 0.5) is 16.3 Å². The highest BCUT2D eigenvalue weighted by molar-refractivity contribution is 5.94. The normalized spacial score (nSPS) is 20.5. The van der Waals surface area contributed by atoms with Crippen LogP contribution in [0, 0.1) is 0 Å². The number of anilines is 2. The molecule has 2 aromatic rings. The van der Waals surface area contributed by atoms with Gasteiger partial charge in [0.15, 0.2) is 5.82 Å². The molecule has 10 heteroatoms. The molecule has 9 nitrogen and oxygen atoms in total. The van der Waals surface area contributed by atoms with E-state index in [1.807, 2.05) is 37.3 Å². The fraction of sp³-hybridized carbons (Fsp3) is 0.429. The predicted octanol–water partition coefficient (Wildman–Crippen LogP) is 2.43. The predicted molar refractivity (Wildman–Crippen MR) is 121 cm³/mol. The van der Waals surface area contributed by atoms with E-state index in [2.05, 4.69) is 25.7 Å². The van der Waals surface area contributed by atoms with E-state index in [4.69, 9.17) is 0 Å². The van der Waals surface area contributed by atoms with Gasteiger partial charge in [0, 0.05) is 50.4 Å². The maximum absolute atomic E-state index is 12.2. The number of carboxylic acid groups (broad SMARTS) is 1. The van der Waals surface area contributed by atoms with Crippen molar-refractivity contribution in [1.82, 2.24) is 20.8 Å². The van der Waals surface area contributed by atoms with Gasteiger partial charge in [-0.2, -0.15) is 0 Å². The van der Waals surface area contributed by atoms with E-state index in [1.54, 1.807) is 4.90 Å². The van der Waals surface area contributed by atoms with Crippen molar-refractivity contribution in [3.8, 4) is 11.3 Å². The number of aromatic nitrogens is 2. The van der Waals surface area contributed by atoms with Crippen LogP contribution < -0.4 is 20.4 Å². The van der Waals surface area contributed by atoms with Crippen LogP contribution in [0.2, 0.25) is 0 Å². The van der Waals surface area contributed by atoms with Crippen LogP contribution in [0.5, 0.6) is 0 Å². The van der Waals surface area contributed by atoms with Gasteiger partial charge in [-0.15, -0.1) is 22.6 Å². The highest BCUT2D eigenvalue weighted by Gasteiger charge is 2.33. The number of halogens is 1. The molecule has 2 amide bonds. The number of piperazine rings is 1. The largest absolute Gasteiger partial charge is 0.465 e. The molecule has 0 bridgehead atoms. The monoisotopic (exact) mass is 446 g/mol. The summed E-state index contributed by atoms with van der Waals surface area (Å²) in [7, 11) is 0. The second-order valence-corrected chi connectivity index (χ2v) is 7.76. The summed E-state index contributed by atoms with van der Waals surface area (Å²) in [6.07, 6.45) is -0.573. The molecule has 0 aliphatic carbocycles. The van der Waals surface area contributed by atoms with Gasteiger partial charge >= 0.3 is 6.09 Å². The number of carbonyl (C=O) groups excluding carboxylic acids is 1. The molecule has 2 aliphatic heterocycles. The quantitative estimate of drug-likeness (QED) is 0.664. The summed E-state index contributed by atoms with van der Waals surface area (Å²) in [6, 6.07) is 9.08. The number of carbonyl (C=O) groups is 2. The summed E-state index contributed by atoms with van der Waals surface area (Å²) in [6.45, 7) is 7.10. The molecule has 2 aliphatic rings. The van der Waals surface area contributed by atoms with Gasteiger partial charge in [-0.05, 0) is 43.2 Å². The lowest BCUT2D eigenvalue weighted by atomic mass is 9.90. The molecule has 166 valence electrons. The highest BCUT2D eigenvalue weighted by Crippen LogP contribution is 2.39. The van der Waals surface area contributed by atoms with Crippen molar-refractivity contribution in [3.05, 3.63) is 35.9 Å². The highest BCUT2D eigenvalue weighted by atomic mass is 35.5. The first-order valence-corrected chi connectivity index (χ1v) is 10.2. The minimum absolute atomic E-state index is 0. The first kappa shape index (κ1) is 22.8. The number of hydrogen-bond acceptors (Lipinski definition) is 6. The zero-order valence-electron chi connectivity index (χ0n) is 17.5. The van der Waals surface area contributed by atoms with Gasteiger partial charge in [0.05, 0.1) is 11.7 Å². The van der Waals surface area contributed by atoms with Gasteiger partial charge in [0.2, 0.25) is 5.91 Å². The van der Waals surface area contributed by atoms with E-state index >= 15 is 0 Å². The average molecular weight is 447 g/mol. The van der Waals surface area contributed by atoms with E-state index in [0.717, 1.165) is 48.8 Å². The van der Waals surface area contributed by atoms with Crippen molar-refractivity contribution in [2.45, 2.75) is 32.4 Å². The Hall–Kier alpha value is -2.91. The summed E-state index contributed by atoms with van der Waals surface area (Å²) in [5.74, 6) is 0.783. The van der Waals surface area contributed by atoms with Crippen molar-refractivity contribution in [1.29, 1.82) is 0 Å². The van der Waals surface area contributed by atoms with Crippen molar-refractivity contribution in [2.75, 3.05) is 36.0 Å². The Balaban J connectivity index is 0.00000272. The van der Waals surface area contributed by atoms with Crippen molar-refractivity contribution in [3.63, 3.8) is 0 Å². The molecular formula is C21H27ClN6O3. The molecule has 3 N–H and O–H groups in total. The second kappa shape index (κ2) is 9.49. The lowest BCUT2D eigenvalue weighted by molar-refractivity contribution is -0.117. The Morgan fingerprint density at radius 1 is 1.16 bits per heavy atom. The minimum Gasteiger partial charge on any atom is -0.465 e. The Kier molecular flexibility index (Phi) is 6.97. The van der Waals surface area contributed by atoms with E-state index < -0.39 is 12.1 Å². The van der Waals surface area contributed by atoms with Crippen LogP contribution in [0.1, 0.15) is 31.9 Å². The maximum atomic E-state index is 12.2. The van der Waals surface area contributed by atoms with Gasteiger partial charge in [0.25, 0.3) is 0 Å². The number of amides is 2. The Morgan fingerprint density at radius 2 is 1.90 bits per heavy atom. The van der Waals surface area contributed by atoms with Crippen LogP contribution in [-0.2, 0) is 4.79 Å². The average Bonchev–Trinajstić information content (AvgIpc) is 2.73. The van der Waals surface area contributed by atoms with Gasteiger partial charge in [-0.1, -0.05) is 6.07 Å². The zero-order valence-corrected chi connectivity index (χ0v) is 18.4. The summed E-state index contributed by atoms with van der Waals surface area (Å²) >= 11 is 0. The molecule has 2 unspecified atom stereocenters. The molecular weight excluding hydrogens is 420 g/mol. The first-order valence-electron chi connectivity index (χ1n) is 10.2. The lowest BCUT2D eigenvalue weighted by Gasteiger charge is -2.39. The second-order valence-electron chi connectivity index (χ2n) is 7.76. The maximum Gasteiger partial charge on any atom is 0.405 e. The summed E-state index contributed by atoms with van der Waals surface area (Å²) in [4.78, 5) is 27.4. The number of hydrogen-bond donors (Lipinski definition) is 3. The SMILES string of the molecule is CC(=O)N1c2ccc(-c3ccc(N4CCNCC4)nn3)cc2C(NC(=O)O)CC1C.Cl. The van der Waals surface area contributed by atoms with Crippen molar-refractivity contribution >= 4 is 35.9 Å². The molecule has 1 fully saturated rings. The Bertz CT molecular complexity index is 949. The van der Waals surface area contributed by atoms with E-state index in [-0.39, 0.29) is 24.4 Å². The number of benzene rings is 1. The zero-order chi connectivity index (χ0) is 21.3. The first-order chi connectivity index (χ1) is 14.4. The molecule has 0 spiro atoms. The van der Waals surface area contributed by atoms with Crippen molar-refractivity contribution < 1.29 is 14.7 Å². The third-order valence-electron chi connectivity index (χ3n) is 5.70. The van der Waals surface area contributed by atoms with Gasteiger partial charge in [0.1, 0.15) is 0 Å². The lowest BCUT2D eigenvalue weighted by Crippen LogP contribution is -2.45. The third-order valence-corrected chi connectivity index (χ3v) is 5.70. The van der Waals surface area contributed by atoms with Crippen LogP contribution in [-0.4, -0.2) is 59.5 Å². The minimum atomic E-state index is -1.08. The fourth-order valence-corrected chi connectivity index (χ4v) is 4.33. The van der Waals surface area contributed by atoms with Gasteiger partial charge in [-0.3, -0.25) is 4.79 Å². The molecule has 31 heavy (non-hydrogen) atoms. The number of fused-ring (bicyclic) bond motifs is 1. The molecule has 3 heterocycles. The number of nitrogens with one attached hydrogen (secondary N) is 2. The summed E-state index contributed by atoms with van der Waals surface area (Å²) < 4.78 is 0. The molecule has 1 saturated heterocycles. The summed E-state index contributed by atoms with van der Waals surface area (Å²) in [5.41, 5.74) is 3.05. The summed E-state index contributed by atoms with van der Waals surface area (Å²) in [5, 5.41) is 24.0. The van der Waals surface area contributed by atoms with Crippen molar-refractivity contribution in [2.24, 2.45) is 0 Å². The number of nitrogens with zero attached hydrogens (tertiary/aromatic N) is 4. The number of rotatable bonds is 3. The molecule has 0 saturated carbocycles. The van der Waals surface area contributed by atoms with Crippen LogP contribution in [0.15, 0.2) is 30.3 Å². The standard InChI is InChI=1S/C21H26N6O3.ClH/c1-13-11-18(23-21(29)30)16-12-15(3-5-19(16)27(13)14(2)28)17-4-6-20(25-24-17)26-9-7-22-8-10-26;/h3-6,12-13,18,22-23H,7-11H2,1-2H3,(H,29,30);1H. The van der Waals surface area contributed by atoms with E-state index in [9.17, 15) is 14.7 Å². The molecule has 4 rings (SSSR count). The Morgan fingerprint density at radius 3 is 2.52 bits per heavy atom. The molecule has 1 aromatic heterocycles. The Labute approximate surface area is 187 Å². The third kappa shape index (κ3) is 4.72. The van der Waals surface area contributed by atoms with Gasteiger partial charge < -0.3 is 25.5 Å². The van der Waals surface area contributed by atoms with Crippen LogP contribution >= 0.6 is 12.4 Å². The smallest absolute Gasteiger partial charge is 0.405 e. The molecule has 2 atom stereocenters. The van der Waals surface area contributed by atoms with E-state index in [1.165, 1.54) is 6.92 Å². The fourth-order valence-electron chi connectivity index (χ4n) is 4.33. The van der Waals surface area contributed by atoms with E-state index in [0.29, 0.717) is 12.1 Å². The van der Waals surface area contributed by atoms with Crippen LogP contribution in [0.3, 0.4) is 0 Å². The molecule has 1 aromatic carbocycles.